The molecular weight excluding hydrogens is 392 g/mol. The molecule has 0 atom stereocenters. The average molecular weight is 409 g/mol. The molecular formula is C21H17ClN4O3. The van der Waals surface area contributed by atoms with Crippen LogP contribution < -0.4 is 10.1 Å². The first-order valence-electron chi connectivity index (χ1n) is 8.83. The minimum absolute atomic E-state index is 0.271. The number of rotatable bonds is 6. The van der Waals surface area contributed by atoms with Crippen LogP contribution in [0.4, 0.5) is 5.95 Å². The van der Waals surface area contributed by atoms with E-state index in [0.717, 1.165) is 11.3 Å². The van der Waals surface area contributed by atoms with E-state index in [4.69, 9.17) is 20.8 Å². The predicted molar refractivity (Wildman–Crippen MR) is 109 cm³/mol. The number of aromatic nitrogens is 3. The molecule has 4 aromatic rings. The van der Waals surface area contributed by atoms with Gasteiger partial charge in [0.2, 0.25) is 11.8 Å². The van der Waals surface area contributed by atoms with Crippen LogP contribution in [-0.2, 0) is 6.54 Å². The summed E-state index contributed by atoms with van der Waals surface area (Å²) in [6.07, 6.45) is 1.52. The highest BCUT2D eigenvalue weighted by atomic mass is 35.5. The zero-order valence-electron chi connectivity index (χ0n) is 15.5. The third kappa shape index (κ3) is 3.86. The molecule has 0 amide bonds. The van der Waals surface area contributed by atoms with Crippen LogP contribution in [0.2, 0.25) is 5.02 Å². The summed E-state index contributed by atoms with van der Waals surface area (Å²) in [6, 6.07) is 17.8. The number of halogens is 1. The van der Waals surface area contributed by atoms with Gasteiger partial charge in [0.15, 0.2) is 5.76 Å². The maximum Gasteiger partial charge on any atom is 0.282 e. The highest BCUT2D eigenvalue weighted by Crippen LogP contribution is 2.23. The Kier molecular flexibility index (Phi) is 5.31. The van der Waals surface area contributed by atoms with Gasteiger partial charge in [-0.25, -0.2) is 0 Å². The molecule has 8 heteroatoms. The van der Waals surface area contributed by atoms with Gasteiger partial charge in [-0.05, 0) is 30.3 Å². The van der Waals surface area contributed by atoms with E-state index in [2.05, 4.69) is 15.4 Å². The summed E-state index contributed by atoms with van der Waals surface area (Å²) in [7, 11) is 1.61. The second kappa shape index (κ2) is 8.20. The second-order valence-corrected chi connectivity index (χ2v) is 6.51. The molecule has 0 unspecified atom stereocenters. The van der Waals surface area contributed by atoms with Crippen molar-refractivity contribution < 1.29 is 13.9 Å². The Hall–Kier alpha value is -3.58. The molecule has 2 aromatic carbocycles. The predicted octanol–water partition coefficient (Wildman–Crippen LogP) is 4.50. The standard InChI is InChI=1S/C21H17ClN4O3/c1-28-17-10-5-2-7-14(17)13-23-21-24-19(18-11-6-12-29-18)25-26(21)20(27)15-8-3-4-9-16(15)22/h2-12H,13H2,1H3,(H,23,24,25). The van der Waals surface area contributed by atoms with Crippen LogP contribution in [0.5, 0.6) is 5.75 Å². The quantitative estimate of drug-likeness (QED) is 0.505. The number of para-hydroxylation sites is 1. The summed E-state index contributed by atoms with van der Waals surface area (Å²) in [6.45, 7) is 0.385. The van der Waals surface area contributed by atoms with Gasteiger partial charge < -0.3 is 14.5 Å². The molecule has 4 rings (SSSR count). The van der Waals surface area contributed by atoms with Gasteiger partial charge in [-0.15, -0.1) is 5.10 Å². The van der Waals surface area contributed by atoms with Crippen molar-refractivity contribution in [3.63, 3.8) is 0 Å². The smallest absolute Gasteiger partial charge is 0.282 e. The molecule has 0 saturated carbocycles. The summed E-state index contributed by atoms with van der Waals surface area (Å²) in [5.41, 5.74) is 1.24. The van der Waals surface area contributed by atoms with Gasteiger partial charge in [-0.3, -0.25) is 4.79 Å². The monoisotopic (exact) mass is 408 g/mol. The molecule has 0 fully saturated rings. The van der Waals surface area contributed by atoms with Gasteiger partial charge in [-0.1, -0.05) is 41.9 Å². The van der Waals surface area contributed by atoms with Crippen molar-refractivity contribution in [1.82, 2.24) is 14.8 Å². The summed E-state index contributed by atoms with van der Waals surface area (Å²) < 4.78 is 11.9. The van der Waals surface area contributed by atoms with Crippen molar-refractivity contribution in [2.45, 2.75) is 6.54 Å². The number of methoxy groups -OCH3 is 1. The largest absolute Gasteiger partial charge is 0.496 e. The van der Waals surface area contributed by atoms with Crippen molar-refractivity contribution in [3.05, 3.63) is 83.1 Å². The van der Waals surface area contributed by atoms with Crippen molar-refractivity contribution in [2.75, 3.05) is 12.4 Å². The number of benzene rings is 2. The minimum Gasteiger partial charge on any atom is -0.496 e. The minimum atomic E-state index is -0.400. The van der Waals surface area contributed by atoms with E-state index >= 15 is 0 Å². The molecule has 0 aliphatic heterocycles. The summed E-state index contributed by atoms with van der Waals surface area (Å²) in [4.78, 5) is 17.5. The Balaban J connectivity index is 1.70. The lowest BCUT2D eigenvalue weighted by Crippen LogP contribution is -2.18. The van der Waals surface area contributed by atoms with Crippen LogP contribution >= 0.6 is 11.6 Å². The second-order valence-electron chi connectivity index (χ2n) is 6.10. The van der Waals surface area contributed by atoms with E-state index in [1.165, 1.54) is 10.9 Å². The van der Waals surface area contributed by atoms with Gasteiger partial charge in [0.25, 0.3) is 5.91 Å². The van der Waals surface area contributed by atoms with E-state index < -0.39 is 5.91 Å². The van der Waals surface area contributed by atoms with Gasteiger partial charge in [0.1, 0.15) is 5.75 Å². The zero-order valence-corrected chi connectivity index (χ0v) is 16.3. The first-order chi connectivity index (χ1) is 14.2. The van der Waals surface area contributed by atoms with E-state index in [9.17, 15) is 4.79 Å². The van der Waals surface area contributed by atoms with E-state index in [0.29, 0.717) is 22.9 Å². The molecule has 0 radical (unpaired) electrons. The maximum absolute atomic E-state index is 13.1. The molecule has 0 aliphatic rings. The molecule has 146 valence electrons. The third-order valence-electron chi connectivity index (χ3n) is 4.27. The van der Waals surface area contributed by atoms with E-state index in [1.807, 2.05) is 24.3 Å². The van der Waals surface area contributed by atoms with Gasteiger partial charge >= 0.3 is 0 Å². The molecule has 0 aliphatic carbocycles. The van der Waals surface area contributed by atoms with E-state index in [-0.39, 0.29) is 11.8 Å². The first-order valence-corrected chi connectivity index (χ1v) is 9.21. The third-order valence-corrected chi connectivity index (χ3v) is 4.60. The number of hydrogen-bond donors (Lipinski definition) is 1. The fourth-order valence-electron chi connectivity index (χ4n) is 2.85. The Morgan fingerprint density at radius 1 is 1.14 bits per heavy atom. The molecule has 29 heavy (non-hydrogen) atoms. The van der Waals surface area contributed by atoms with Crippen LogP contribution in [0.1, 0.15) is 15.9 Å². The first kappa shape index (κ1) is 18.8. The Bertz CT molecular complexity index is 1140. The Labute approximate surface area is 171 Å². The van der Waals surface area contributed by atoms with Gasteiger partial charge in [-0.2, -0.15) is 9.67 Å². The fraction of sp³-hybridized carbons (Fsp3) is 0.0952. The lowest BCUT2D eigenvalue weighted by atomic mass is 10.2. The molecule has 2 heterocycles. The van der Waals surface area contributed by atoms with Gasteiger partial charge in [0, 0.05) is 12.1 Å². The zero-order chi connectivity index (χ0) is 20.2. The number of furan rings is 1. The molecule has 7 nitrogen and oxygen atoms in total. The molecule has 0 saturated heterocycles. The lowest BCUT2D eigenvalue weighted by molar-refractivity contribution is 0.0947. The Morgan fingerprint density at radius 2 is 1.93 bits per heavy atom. The summed E-state index contributed by atoms with van der Waals surface area (Å²) >= 11 is 6.20. The maximum atomic E-state index is 13.1. The van der Waals surface area contributed by atoms with Crippen molar-refractivity contribution in [1.29, 1.82) is 0 Å². The highest BCUT2D eigenvalue weighted by Gasteiger charge is 2.21. The van der Waals surface area contributed by atoms with Crippen molar-refractivity contribution >= 4 is 23.5 Å². The average Bonchev–Trinajstić information content (AvgIpc) is 3.42. The lowest BCUT2D eigenvalue weighted by Gasteiger charge is -2.10. The number of carbonyl (C=O) groups excluding carboxylic acids is 1. The van der Waals surface area contributed by atoms with Gasteiger partial charge in [0.05, 0.1) is 24.0 Å². The number of anilines is 1. The molecule has 0 bridgehead atoms. The number of hydrogen-bond acceptors (Lipinski definition) is 6. The number of nitrogens with one attached hydrogen (secondary N) is 1. The Morgan fingerprint density at radius 3 is 2.69 bits per heavy atom. The topological polar surface area (TPSA) is 82.2 Å². The molecule has 1 N–H and O–H groups in total. The number of carbonyl (C=O) groups is 1. The highest BCUT2D eigenvalue weighted by molar-refractivity contribution is 6.33. The molecule has 2 aromatic heterocycles. The van der Waals surface area contributed by atoms with Crippen LogP contribution in [-0.4, -0.2) is 27.8 Å². The summed E-state index contributed by atoms with van der Waals surface area (Å²) in [5, 5.41) is 7.83. The van der Waals surface area contributed by atoms with Crippen LogP contribution in [0.25, 0.3) is 11.6 Å². The summed E-state index contributed by atoms with van der Waals surface area (Å²) in [5.74, 6) is 1.35. The normalized spacial score (nSPS) is 10.7. The van der Waals surface area contributed by atoms with Crippen LogP contribution in [0, 0.1) is 0 Å². The SMILES string of the molecule is COc1ccccc1CNc1nc(-c2ccco2)nn1C(=O)c1ccccc1Cl. The van der Waals surface area contributed by atoms with E-state index in [1.54, 1.807) is 43.5 Å². The fourth-order valence-corrected chi connectivity index (χ4v) is 3.07. The van der Waals surface area contributed by atoms with Crippen LogP contribution in [0.3, 0.4) is 0 Å². The van der Waals surface area contributed by atoms with Crippen molar-refractivity contribution in [2.24, 2.45) is 0 Å². The number of nitrogens with zero attached hydrogens (tertiary/aromatic N) is 3. The molecule has 0 spiro atoms. The van der Waals surface area contributed by atoms with Crippen molar-refractivity contribution in [3.8, 4) is 17.3 Å². The number of ether oxygens (including phenoxy) is 1. The van der Waals surface area contributed by atoms with Crippen LogP contribution in [0.15, 0.2) is 71.3 Å².